The highest BCUT2D eigenvalue weighted by atomic mass is 27.1. The van der Waals surface area contributed by atoms with E-state index in [1.807, 2.05) is 13.8 Å². The Kier molecular flexibility index (Phi) is 5.85. The van der Waals surface area contributed by atoms with E-state index in [1.165, 1.54) is 8.85 Å². The summed E-state index contributed by atoms with van der Waals surface area (Å²) in [4.78, 5) is 0. The Morgan fingerprint density at radius 3 is 1.27 bits per heavy atom. The Morgan fingerprint density at radius 1 is 0.600 bits per heavy atom. The molecule has 15 heavy (non-hydrogen) atoms. The minimum absolute atomic E-state index is 0.234. The van der Waals surface area contributed by atoms with Gasteiger partial charge in [0.2, 0.25) is 0 Å². The van der Waals surface area contributed by atoms with Gasteiger partial charge in [-0.05, 0) is 0 Å². The average Bonchev–Trinajstić information content (AvgIpc) is 2.34. The Labute approximate surface area is 98.7 Å². The molecule has 2 aromatic carbocycles. The van der Waals surface area contributed by atoms with Gasteiger partial charge in [-0.3, -0.25) is 0 Å². The van der Waals surface area contributed by atoms with Crippen LogP contribution in [-0.2, 0) is 0 Å². The third kappa shape index (κ3) is 4.34. The van der Waals surface area contributed by atoms with Crippen molar-refractivity contribution < 1.29 is 0 Å². The highest BCUT2D eigenvalue weighted by Crippen LogP contribution is 1.84. The highest BCUT2D eigenvalue weighted by molar-refractivity contribution is 6.67. The van der Waals surface area contributed by atoms with Crippen molar-refractivity contribution in [2.75, 3.05) is 0 Å². The first-order valence-corrected chi connectivity index (χ1v) is 6.94. The molecule has 0 atom stereocenters. The summed E-state index contributed by atoms with van der Waals surface area (Å²) >= 11 is -0.234. The zero-order valence-electron chi connectivity index (χ0n) is 9.48. The molecule has 0 aromatic heterocycles. The van der Waals surface area contributed by atoms with Gasteiger partial charge in [0, 0.05) is 0 Å². The maximum atomic E-state index is 2.22. The van der Waals surface area contributed by atoms with E-state index in [0.717, 1.165) is 0 Å². The molecule has 1 heteroatoms. The summed E-state index contributed by atoms with van der Waals surface area (Å²) in [6, 6.07) is 21.5. The normalized spacial score (nSPS) is 8.67. The van der Waals surface area contributed by atoms with Crippen LogP contribution in [0, 0.1) is 0 Å². The first-order valence-electron chi connectivity index (χ1n) is 5.53. The van der Waals surface area contributed by atoms with Crippen molar-refractivity contribution in [1.29, 1.82) is 0 Å². The maximum Gasteiger partial charge on any atom is 0.323 e. The SMILES string of the molecule is CC.c1cc[c]([AlH][c]2ccccc2)cc1. The van der Waals surface area contributed by atoms with Crippen molar-refractivity contribution in [3.05, 3.63) is 60.7 Å². The third-order valence-electron chi connectivity index (χ3n) is 2.09. The van der Waals surface area contributed by atoms with Crippen LogP contribution in [-0.4, -0.2) is 15.2 Å². The van der Waals surface area contributed by atoms with Crippen molar-refractivity contribution in [2.45, 2.75) is 13.8 Å². The van der Waals surface area contributed by atoms with Crippen LogP contribution >= 0.6 is 0 Å². The lowest BCUT2D eigenvalue weighted by Crippen LogP contribution is -2.26. The molecule has 0 fully saturated rings. The van der Waals surface area contributed by atoms with E-state index in [2.05, 4.69) is 60.7 Å². The average molecular weight is 212 g/mol. The molecular formula is C14H17Al. The topological polar surface area (TPSA) is 0 Å². The lowest BCUT2D eigenvalue weighted by molar-refractivity contribution is 1.50. The predicted molar refractivity (Wildman–Crippen MR) is 70.6 cm³/mol. The molecule has 0 saturated heterocycles. The fourth-order valence-corrected chi connectivity index (χ4v) is 2.91. The number of benzene rings is 2. The third-order valence-corrected chi connectivity index (χ3v) is 3.85. The summed E-state index contributed by atoms with van der Waals surface area (Å²) in [6.07, 6.45) is 0. The van der Waals surface area contributed by atoms with E-state index in [4.69, 9.17) is 0 Å². The standard InChI is InChI=1S/2C6H5.C2H6.Al.H/c2*1-2-4-6-5-3-1;1-2;;/h2*1-5H;1-2H3;;. The summed E-state index contributed by atoms with van der Waals surface area (Å²) in [7, 11) is 0. The summed E-state index contributed by atoms with van der Waals surface area (Å²) in [5.74, 6) is 0. The Bertz CT molecular complexity index is 316. The number of hydrogen-bond donors (Lipinski definition) is 0. The summed E-state index contributed by atoms with van der Waals surface area (Å²) in [5.41, 5.74) is 0. The fourth-order valence-electron chi connectivity index (χ4n) is 1.43. The summed E-state index contributed by atoms with van der Waals surface area (Å²) in [5, 5.41) is 0. The highest BCUT2D eigenvalue weighted by Gasteiger charge is 1.97. The lowest BCUT2D eigenvalue weighted by Gasteiger charge is -1.97. The van der Waals surface area contributed by atoms with E-state index < -0.39 is 0 Å². The van der Waals surface area contributed by atoms with Gasteiger partial charge in [0.25, 0.3) is 0 Å². The molecule has 2 rings (SSSR count). The van der Waals surface area contributed by atoms with Gasteiger partial charge in [-0.1, -0.05) is 74.5 Å². The molecule has 0 unspecified atom stereocenters. The van der Waals surface area contributed by atoms with Gasteiger partial charge in [-0.2, -0.15) is 0 Å². The van der Waals surface area contributed by atoms with Crippen LogP contribution in [0.3, 0.4) is 0 Å². The second-order valence-electron chi connectivity index (χ2n) is 3.15. The number of rotatable bonds is 2. The van der Waals surface area contributed by atoms with Crippen LogP contribution in [0.15, 0.2) is 60.7 Å². The van der Waals surface area contributed by atoms with E-state index in [9.17, 15) is 0 Å². The van der Waals surface area contributed by atoms with Crippen molar-refractivity contribution in [3.63, 3.8) is 0 Å². The smallest absolute Gasteiger partial charge is 0.109 e. The van der Waals surface area contributed by atoms with Crippen molar-refractivity contribution in [2.24, 2.45) is 0 Å². The van der Waals surface area contributed by atoms with E-state index in [0.29, 0.717) is 0 Å². The molecule has 0 aliphatic heterocycles. The zero-order valence-corrected chi connectivity index (χ0v) is 10.9. The maximum absolute atomic E-state index is 2.22. The van der Waals surface area contributed by atoms with E-state index in [1.54, 1.807) is 0 Å². The van der Waals surface area contributed by atoms with E-state index in [-0.39, 0.29) is 15.2 Å². The van der Waals surface area contributed by atoms with Crippen LogP contribution in [0.5, 0.6) is 0 Å². The van der Waals surface area contributed by atoms with E-state index >= 15 is 0 Å². The molecule has 2 aromatic rings. The fraction of sp³-hybridized carbons (Fsp3) is 0.143. The largest absolute Gasteiger partial charge is 0.323 e. The summed E-state index contributed by atoms with van der Waals surface area (Å²) < 4.78 is 3.02. The Morgan fingerprint density at radius 2 is 0.933 bits per heavy atom. The number of hydrogen-bond acceptors (Lipinski definition) is 0. The molecule has 0 amide bonds. The van der Waals surface area contributed by atoms with Gasteiger partial charge in [0.05, 0.1) is 0 Å². The minimum Gasteiger partial charge on any atom is -0.109 e. The first-order chi connectivity index (χ1) is 7.45. The van der Waals surface area contributed by atoms with Crippen molar-refractivity contribution in [1.82, 2.24) is 0 Å². The predicted octanol–water partition coefficient (Wildman–Crippen LogP) is 2.10. The molecule has 0 nitrogen and oxygen atoms in total. The van der Waals surface area contributed by atoms with Gasteiger partial charge in [0.15, 0.2) is 0 Å². The van der Waals surface area contributed by atoms with Gasteiger partial charge in [-0.15, -0.1) is 8.85 Å². The zero-order chi connectivity index (χ0) is 10.9. The second kappa shape index (κ2) is 7.29. The monoisotopic (exact) mass is 212 g/mol. The van der Waals surface area contributed by atoms with Crippen LogP contribution < -0.4 is 8.85 Å². The van der Waals surface area contributed by atoms with Crippen LogP contribution in [0.1, 0.15) is 13.8 Å². The molecule has 0 radical (unpaired) electrons. The van der Waals surface area contributed by atoms with Crippen LogP contribution in [0.25, 0.3) is 0 Å². The first kappa shape index (κ1) is 12.0. The summed E-state index contributed by atoms with van der Waals surface area (Å²) in [6.45, 7) is 4.00. The molecular weight excluding hydrogens is 195 g/mol. The molecule has 0 N–H and O–H groups in total. The van der Waals surface area contributed by atoms with Crippen molar-refractivity contribution >= 4 is 24.1 Å². The van der Waals surface area contributed by atoms with Gasteiger partial charge in [-0.25, -0.2) is 0 Å². The van der Waals surface area contributed by atoms with Gasteiger partial charge >= 0.3 is 15.2 Å². The quantitative estimate of drug-likeness (QED) is 0.669. The molecule has 76 valence electrons. The Balaban J connectivity index is 0.000000531. The molecule has 0 aliphatic rings. The van der Waals surface area contributed by atoms with Gasteiger partial charge < -0.3 is 0 Å². The van der Waals surface area contributed by atoms with Crippen LogP contribution in [0.2, 0.25) is 0 Å². The molecule has 0 heterocycles. The van der Waals surface area contributed by atoms with Crippen LogP contribution in [0.4, 0.5) is 0 Å². The minimum atomic E-state index is -0.234. The lowest BCUT2D eigenvalue weighted by atomic mass is 10.4. The molecule has 0 spiro atoms. The molecule has 0 aliphatic carbocycles. The van der Waals surface area contributed by atoms with Gasteiger partial charge in [0.1, 0.15) is 0 Å². The van der Waals surface area contributed by atoms with Crippen molar-refractivity contribution in [3.8, 4) is 0 Å². The molecule has 0 saturated carbocycles. The second-order valence-corrected chi connectivity index (χ2v) is 5.13. The Hall–Kier alpha value is -1.03. The molecule has 0 bridgehead atoms.